The van der Waals surface area contributed by atoms with Crippen molar-refractivity contribution >= 4 is 17.6 Å². The molecule has 18 heavy (non-hydrogen) atoms. The molecule has 0 atom stereocenters. The third kappa shape index (κ3) is 4.04. The predicted octanol–water partition coefficient (Wildman–Crippen LogP) is 1.73. The zero-order valence-electron chi connectivity index (χ0n) is 10.2. The molecule has 0 unspecified atom stereocenters. The van der Waals surface area contributed by atoms with Crippen LogP contribution in [0.5, 0.6) is 5.75 Å². The predicted molar refractivity (Wildman–Crippen MR) is 62.8 cm³/mol. The van der Waals surface area contributed by atoms with E-state index in [9.17, 15) is 14.0 Å². The summed E-state index contributed by atoms with van der Waals surface area (Å²) in [4.78, 5) is 22.3. The number of nitrogens with one attached hydrogen (secondary N) is 1. The van der Waals surface area contributed by atoms with Crippen LogP contribution < -0.4 is 10.1 Å². The van der Waals surface area contributed by atoms with Crippen LogP contribution in [-0.4, -0.2) is 26.1 Å². The molecule has 5 nitrogen and oxygen atoms in total. The minimum absolute atomic E-state index is 0.0129. The Morgan fingerprint density at radius 3 is 2.56 bits per heavy atom. The van der Waals surface area contributed by atoms with Gasteiger partial charge in [0.25, 0.3) is 0 Å². The van der Waals surface area contributed by atoms with Gasteiger partial charge in [0.15, 0.2) is 11.6 Å². The Labute approximate surface area is 104 Å². The highest BCUT2D eigenvalue weighted by molar-refractivity contribution is 5.92. The molecule has 0 aliphatic carbocycles. The van der Waals surface area contributed by atoms with Gasteiger partial charge in [0.2, 0.25) is 5.91 Å². The van der Waals surface area contributed by atoms with E-state index in [2.05, 4.69) is 10.1 Å². The Balaban J connectivity index is 2.54. The van der Waals surface area contributed by atoms with Crippen molar-refractivity contribution < 1.29 is 23.5 Å². The first-order valence-corrected chi connectivity index (χ1v) is 5.27. The second kappa shape index (κ2) is 6.58. The molecule has 1 N–H and O–H groups in total. The molecule has 0 spiro atoms. The Morgan fingerprint density at radius 1 is 1.28 bits per heavy atom. The van der Waals surface area contributed by atoms with Gasteiger partial charge in [-0.2, -0.15) is 0 Å². The number of ether oxygens (including phenoxy) is 2. The highest BCUT2D eigenvalue weighted by Gasteiger charge is 2.09. The van der Waals surface area contributed by atoms with Gasteiger partial charge in [0.1, 0.15) is 0 Å². The molecule has 0 radical (unpaired) electrons. The summed E-state index contributed by atoms with van der Waals surface area (Å²) < 4.78 is 22.5. The number of methoxy groups -OCH3 is 2. The molecule has 0 aromatic heterocycles. The number of carbonyl (C=O) groups is 2. The average Bonchev–Trinajstić information content (AvgIpc) is 2.36. The van der Waals surface area contributed by atoms with Gasteiger partial charge in [-0.1, -0.05) is 0 Å². The molecule has 1 aromatic carbocycles. The second-order valence-corrected chi connectivity index (χ2v) is 3.47. The van der Waals surface area contributed by atoms with Crippen LogP contribution in [0.4, 0.5) is 10.1 Å². The van der Waals surface area contributed by atoms with Crippen molar-refractivity contribution in [2.45, 2.75) is 12.8 Å². The minimum atomic E-state index is -0.566. The maximum absolute atomic E-state index is 13.3. The number of hydrogen-bond acceptors (Lipinski definition) is 4. The Morgan fingerprint density at radius 2 is 2.00 bits per heavy atom. The van der Waals surface area contributed by atoms with Crippen molar-refractivity contribution in [1.82, 2.24) is 0 Å². The lowest BCUT2D eigenvalue weighted by molar-refractivity contribution is -0.141. The summed E-state index contributed by atoms with van der Waals surface area (Å²) in [5, 5.41) is 2.47. The molecule has 0 aliphatic heterocycles. The van der Waals surface area contributed by atoms with E-state index in [1.165, 1.54) is 26.4 Å². The van der Waals surface area contributed by atoms with Crippen LogP contribution in [0.2, 0.25) is 0 Å². The van der Waals surface area contributed by atoms with E-state index in [0.717, 1.165) is 6.07 Å². The fraction of sp³-hybridized carbons (Fsp3) is 0.333. The van der Waals surface area contributed by atoms with Gasteiger partial charge in [0, 0.05) is 18.2 Å². The van der Waals surface area contributed by atoms with E-state index in [-0.39, 0.29) is 24.5 Å². The number of halogens is 1. The van der Waals surface area contributed by atoms with Gasteiger partial charge < -0.3 is 14.8 Å². The fourth-order valence-corrected chi connectivity index (χ4v) is 1.29. The van der Waals surface area contributed by atoms with Gasteiger partial charge >= 0.3 is 5.97 Å². The summed E-state index contributed by atoms with van der Waals surface area (Å²) in [6.45, 7) is 0. The molecule has 0 saturated carbocycles. The van der Waals surface area contributed by atoms with Crippen LogP contribution in [0, 0.1) is 5.82 Å². The normalized spacial score (nSPS) is 9.72. The molecule has 98 valence electrons. The van der Waals surface area contributed by atoms with Gasteiger partial charge in [-0.3, -0.25) is 9.59 Å². The number of hydrogen-bond donors (Lipinski definition) is 1. The fourth-order valence-electron chi connectivity index (χ4n) is 1.29. The maximum Gasteiger partial charge on any atom is 0.306 e. The number of anilines is 1. The molecule has 0 saturated heterocycles. The molecule has 1 rings (SSSR count). The summed E-state index contributed by atoms with van der Waals surface area (Å²) in [6, 6.07) is 4.07. The number of rotatable bonds is 5. The Hall–Kier alpha value is -2.11. The number of carbonyl (C=O) groups excluding carboxylic acids is 2. The van der Waals surface area contributed by atoms with E-state index < -0.39 is 11.8 Å². The smallest absolute Gasteiger partial charge is 0.306 e. The van der Waals surface area contributed by atoms with Gasteiger partial charge in [-0.05, 0) is 12.1 Å². The van der Waals surface area contributed by atoms with E-state index in [4.69, 9.17) is 4.74 Å². The standard InChI is InChI=1S/C12H14FNO4/c1-17-10-4-3-8(7-9(10)13)14-11(15)5-6-12(16)18-2/h3-4,7H,5-6H2,1-2H3,(H,14,15). The lowest BCUT2D eigenvalue weighted by atomic mass is 10.2. The van der Waals surface area contributed by atoms with E-state index in [0.29, 0.717) is 5.69 Å². The summed E-state index contributed by atoms with van der Waals surface area (Å²) in [5.41, 5.74) is 0.308. The van der Waals surface area contributed by atoms with Crippen molar-refractivity contribution in [3.05, 3.63) is 24.0 Å². The minimum Gasteiger partial charge on any atom is -0.494 e. The molecule has 0 bridgehead atoms. The maximum atomic E-state index is 13.3. The largest absolute Gasteiger partial charge is 0.494 e. The van der Waals surface area contributed by atoms with Crippen LogP contribution in [-0.2, 0) is 14.3 Å². The first kappa shape index (κ1) is 14.0. The lowest BCUT2D eigenvalue weighted by Crippen LogP contribution is -2.14. The van der Waals surface area contributed by atoms with Crippen LogP contribution >= 0.6 is 0 Å². The van der Waals surface area contributed by atoms with E-state index in [1.807, 2.05) is 0 Å². The summed E-state index contributed by atoms with van der Waals surface area (Å²) in [5.74, 6) is -1.32. The van der Waals surface area contributed by atoms with Gasteiger partial charge in [0.05, 0.1) is 20.6 Å². The summed E-state index contributed by atoms with van der Waals surface area (Å²) >= 11 is 0. The van der Waals surface area contributed by atoms with Crippen LogP contribution in [0.15, 0.2) is 18.2 Å². The zero-order chi connectivity index (χ0) is 13.5. The molecular weight excluding hydrogens is 241 g/mol. The van der Waals surface area contributed by atoms with Crippen molar-refractivity contribution in [1.29, 1.82) is 0 Å². The number of amides is 1. The van der Waals surface area contributed by atoms with Gasteiger partial charge in [-0.15, -0.1) is 0 Å². The zero-order valence-corrected chi connectivity index (χ0v) is 10.2. The molecule has 1 aromatic rings. The Kier molecular flexibility index (Phi) is 5.10. The van der Waals surface area contributed by atoms with E-state index >= 15 is 0 Å². The molecule has 0 fully saturated rings. The monoisotopic (exact) mass is 255 g/mol. The topological polar surface area (TPSA) is 64.6 Å². The number of benzene rings is 1. The quantitative estimate of drug-likeness (QED) is 0.814. The third-order valence-corrected chi connectivity index (χ3v) is 2.22. The highest BCUT2D eigenvalue weighted by atomic mass is 19.1. The lowest BCUT2D eigenvalue weighted by Gasteiger charge is -2.07. The second-order valence-electron chi connectivity index (χ2n) is 3.47. The third-order valence-electron chi connectivity index (χ3n) is 2.22. The highest BCUT2D eigenvalue weighted by Crippen LogP contribution is 2.20. The first-order chi connectivity index (χ1) is 8.56. The van der Waals surface area contributed by atoms with Crippen LogP contribution in [0.1, 0.15) is 12.8 Å². The van der Waals surface area contributed by atoms with Crippen molar-refractivity contribution in [2.75, 3.05) is 19.5 Å². The van der Waals surface area contributed by atoms with E-state index in [1.54, 1.807) is 0 Å². The molecule has 1 amide bonds. The van der Waals surface area contributed by atoms with Gasteiger partial charge in [-0.25, -0.2) is 4.39 Å². The summed E-state index contributed by atoms with van der Waals surface area (Å²) in [7, 11) is 2.60. The molecule has 0 heterocycles. The van der Waals surface area contributed by atoms with Crippen molar-refractivity contribution in [2.24, 2.45) is 0 Å². The summed E-state index contributed by atoms with van der Waals surface area (Å²) in [6.07, 6.45) is -0.0265. The van der Waals surface area contributed by atoms with Crippen LogP contribution in [0.25, 0.3) is 0 Å². The Bertz CT molecular complexity index is 448. The molecule has 0 aliphatic rings. The average molecular weight is 255 g/mol. The molecular formula is C12H14FNO4. The number of esters is 1. The molecule has 6 heteroatoms. The van der Waals surface area contributed by atoms with Crippen molar-refractivity contribution in [3.63, 3.8) is 0 Å². The first-order valence-electron chi connectivity index (χ1n) is 5.27. The van der Waals surface area contributed by atoms with Crippen LogP contribution in [0.3, 0.4) is 0 Å². The SMILES string of the molecule is COC(=O)CCC(=O)Nc1ccc(OC)c(F)c1. The van der Waals surface area contributed by atoms with Crippen molar-refractivity contribution in [3.8, 4) is 5.75 Å².